The van der Waals surface area contributed by atoms with Gasteiger partial charge in [0.2, 0.25) is 14.7 Å². The van der Waals surface area contributed by atoms with Crippen LogP contribution in [0, 0.1) is 40.9 Å². The van der Waals surface area contributed by atoms with E-state index in [4.69, 9.17) is 15.5 Å². The molecule has 0 radical (unpaired) electrons. The van der Waals surface area contributed by atoms with Crippen LogP contribution in [0.4, 0.5) is 0 Å². The SMILES string of the molecule is C#CC1OP(C)(=O)CCC1(C)CC#CC1CP(C)(=O)OCC1(C)C. The number of terminal acetylenes is 1. The van der Waals surface area contributed by atoms with Crippen molar-refractivity contribution in [3.63, 3.8) is 0 Å². The van der Waals surface area contributed by atoms with Crippen LogP contribution in [0.3, 0.4) is 0 Å². The largest absolute Gasteiger partial charge is 0.328 e. The average Bonchev–Trinajstić information content (AvgIpc) is 2.46. The van der Waals surface area contributed by atoms with Gasteiger partial charge in [0.25, 0.3) is 0 Å². The molecule has 2 aliphatic heterocycles. The smallest absolute Gasteiger partial charge is 0.201 e. The molecule has 0 spiro atoms. The monoisotopic (exact) mass is 370 g/mol. The molecule has 0 aliphatic carbocycles. The highest BCUT2D eigenvalue weighted by Gasteiger charge is 2.43. The lowest BCUT2D eigenvalue weighted by atomic mass is 9.77. The molecular weight excluding hydrogens is 342 g/mol. The van der Waals surface area contributed by atoms with Crippen LogP contribution >= 0.6 is 14.7 Å². The van der Waals surface area contributed by atoms with E-state index in [1.807, 2.05) is 6.92 Å². The molecule has 0 amide bonds. The maximum absolute atomic E-state index is 12.3. The molecule has 2 rings (SSSR count). The van der Waals surface area contributed by atoms with Crippen LogP contribution in [0.15, 0.2) is 0 Å². The Balaban J connectivity index is 2.12. The minimum Gasteiger partial charge on any atom is -0.328 e. The lowest BCUT2D eigenvalue weighted by Crippen LogP contribution is -2.38. The summed E-state index contributed by atoms with van der Waals surface area (Å²) in [6, 6.07) is 0. The maximum Gasteiger partial charge on any atom is 0.201 e. The van der Waals surface area contributed by atoms with Crippen LogP contribution in [0.1, 0.15) is 33.6 Å². The predicted octanol–water partition coefficient (Wildman–Crippen LogP) is 4.30. The molecule has 0 aromatic carbocycles. The van der Waals surface area contributed by atoms with Crippen LogP contribution in [0.2, 0.25) is 0 Å². The van der Waals surface area contributed by atoms with E-state index in [-0.39, 0.29) is 16.7 Å². The van der Waals surface area contributed by atoms with Gasteiger partial charge < -0.3 is 9.05 Å². The normalized spacial score (nSPS) is 44.8. The van der Waals surface area contributed by atoms with E-state index >= 15 is 0 Å². The number of rotatable bonds is 1. The van der Waals surface area contributed by atoms with Crippen molar-refractivity contribution in [3.05, 3.63) is 0 Å². The van der Waals surface area contributed by atoms with Crippen molar-refractivity contribution < 1.29 is 18.2 Å². The molecular formula is C18H28O4P2. The Labute approximate surface area is 146 Å². The van der Waals surface area contributed by atoms with E-state index in [1.54, 1.807) is 13.3 Å². The summed E-state index contributed by atoms with van der Waals surface area (Å²) in [4.78, 5) is 0. The fourth-order valence-corrected chi connectivity index (χ4v) is 6.80. The van der Waals surface area contributed by atoms with Gasteiger partial charge in [-0.15, -0.1) is 12.3 Å². The molecule has 0 saturated carbocycles. The van der Waals surface area contributed by atoms with Crippen molar-refractivity contribution in [1.82, 2.24) is 0 Å². The molecule has 0 aromatic heterocycles. The first-order chi connectivity index (χ1) is 10.9. The van der Waals surface area contributed by atoms with E-state index in [0.29, 0.717) is 25.4 Å². The molecule has 0 N–H and O–H groups in total. The van der Waals surface area contributed by atoms with Crippen molar-refractivity contribution in [2.24, 2.45) is 16.7 Å². The molecule has 6 heteroatoms. The molecule has 5 unspecified atom stereocenters. The molecule has 0 aromatic rings. The van der Waals surface area contributed by atoms with Gasteiger partial charge in [-0.05, 0) is 6.42 Å². The van der Waals surface area contributed by atoms with Crippen LogP contribution in [-0.4, -0.2) is 38.4 Å². The first kappa shape index (κ1) is 19.8. The van der Waals surface area contributed by atoms with Crippen LogP contribution in [0.5, 0.6) is 0 Å². The van der Waals surface area contributed by atoms with Gasteiger partial charge in [-0.3, -0.25) is 9.13 Å². The van der Waals surface area contributed by atoms with Gasteiger partial charge in [0.05, 0.1) is 6.61 Å². The Hall–Kier alpha value is -0.500. The summed E-state index contributed by atoms with van der Waals surface area (Å²) < 4.78 is 35.6. The zero-order chi connectivity index (χ0) is 18.2. The third-order valence-corrected chi connectivity index (χ3v) is 8.53. The topological polar surface area (TPSA) is 52.6 Å². The second-order valence-electron chi connectivity index (χ2n) is 8.30. The molecule has 4 nitrogen and oxygen atoms in total. The van der Waals surface area contributed by atoms with E-state index in [2.05, 4.69) is 31.6 Å². The Morgan fingerprint density at radius 1 is 1.21 bits per heavy atom. The summed E-state index contributed by atoms with van der Waals surface area (Å²) >= 11 is 0. The van der Waals surface area contributed by atoms with Crippen molar-refractivity contribution in [1.29, 1.82) is 0 Å². The molecule has 2 fully saturated rings. The van der Waals surface area contributed by atoms with E-state index < -0.39 is 20.8 Å². The first-order valence-corrected chi connectivity index (χ1v) is 12.8. The third kappa shape index (κ3) is 4.56. The van der Waals surface area contributed by atoms with Crippen molar-refractivity contribution >= 4 is 14.7 Å². The zero-order valence-corrected chi connectivity index (χ0v) is 17.1. The Morgan fingerprint density at radius 3 is 2.50 bits per heavy atom. The number of hydrogen-bond acceptors (Lipinski definition) is 4. The molecule has 0 bridgehead atoms. The predicted molar refractivity (Wildman–Crippen MR) is 98.8 cm³/mol. The molecule has 24 heavy (non-hydrogen) atoms. The fraction of sp³-hybridized carbons (Fsp3) is 0.778. The summed E-state index contributed by atoms with van der Waals surface area (Å²) in [6.45, 7) is 10.0. The molecule has 2 aliphatic rings. The quantitative estimate of drug-likeness (QED) is 0.510. The van der Waals surface area contributed by atoms with E-state index in [9.17, 15) is 9.13 Å². The van der Waals surface area contributed by atoms with Gasteiger partial charge in [0.15, 0.2) is 0 Å². The highest BCUT2D eigenvalue weighted by atomic mass is 31.2. The third-order valence-electron chi connectivity index (χ3n) is 5.14. The second-order valence-corrected chi connectivity index (χ2v) is 13.6. The van der Waals surface area contributed by atoms with Gasteiger partial charge in [-0.1, -0.05) is 32.6 Å². The van der Waals surface area contributed by atoms with Gasteiger partial charge in [-0.2, -0.15) is 0 Å². The fourth-order valence-electron chi connectivity index (χ4n) is 3.06. The second kappa shape index (κ2) is 6.67. The van der Waals surface area contributed by atoms with Crippen LogP contribution < -0.4 is 0 Å². The average molecular weight is 370 g/mol. The highest BCUT2D eigenvalue weighted by Crippen LogP contribution is 2.55. The molecule has 134 valence electrons. The van der Waals surface area contributed by atoms with Gasteiger partial charge in [0.1, 0.15) is 6.10 Å². The lowest BCUT2D eigenvalue weighted by molar-refractivity contribution is 0.0891. The van der Waals surface area contributed by atoms with Gasteiger partial charge >= 0.3 is 0 Å². The summed E-state index contributed by atoms with van der Waals surface area (Å²) in [7, 11) is -5.12. The zero-order valence-electron chi connectivity index (χ0n) is 15.3. The van der Waals surface area contributed by atoms with E-state index in [0.717, 1.165) is 6.42 Å². The van der Waals surface area contributed by atoms with Crippen molar-refractivity contribution in [2.45, 2.75) is 39.7 Å². The minimum atomic E-state index is -2.58. The number of hydrogen-bond donors (Lipinski definition) is 0. The Kier molecular flexibility index (Phi) is 5.50. The van der Waals surface area contributed by atoms with Gasteiger partial charge in [0, 0.05) is 48.8 Å². The van der Waals surface area contributed by atoms with Crippen LogP contribution in [0.25, 0.3) is 0 Å². The Bertz CT molecular complexity index is 694. The molecule has 2 heterocycles. The van der Waals surface area contributed by atoms with E-state index in [1.165, 1.54) is 0 Å². The Morgan fingerprint density at radius 2 is 1.88 bits per heavy atom. The summed E-state index contributed by atoms with van der Waals surface area (Å²) in [5, 5.41) is 0. The minimum absolute atomic E-state index is 0.0387. The highest BCUT2D eigenvalue weighted by molar-refractivity contribution is 7.58. The standard InChI is InChI=1S/C18H28O4P2/c1-7-16-18(4,11-12-23(5,19)22-16)10-8-9-15-13-24(6,20)21-14-17(15,2)3/h1,15-16H,10-14H2,2-6H3. The molecule has 2 saturated heterocycles. The summed E-state index contributed by atoms with van der Waals surface area (Å²) in [5.41, 5.74) is -0.414. The molecule has 5 atom stereocenters. The van der Waals surface area contributed by atoms with Crippen LogP contribution in [-0.2, 0) is 18.2 Å². The van der Waals surface area contributed by atoms with Gasteiger partial charge in [-0.25, -0.2) is 0 Å². The van der Waals surface area contributed by atoms with Crippen molar-refractivity contribution in [3.8, 4) is 24.2 Å². The van der Waals surface area contributed by atoms with Crippen molar-refractivity contribution in [2.75, 3.05) is 32.3 Å². The summed E-state index contributed by atoms with van der Waals surface area (Å²) in [6.07, 6.45) is 7.48. The first-order valence-electron chi connectivity index (χ1n) is 8.30. The summed E-state index contributed by atoms with van der Waals surface area (Å²) in [5.74, 6) is 9.25. The maximum atomic E-state index is 12.3. The lowest BCUT2D eigenvalue weighted by Gasteiger charge is -2.40.